The van der Waals surface area contributed by atoms with E-state index in [0.29, 0.717) is 16.2 Å². The summed E-state index contributed by atoms with van der Waals surface area (Å²) in [6.45, 7) is 0. The summed E-state index contributed by atoms with van der Waals surface area (Å²) >= 11 is 6.04. The highest BCUT2D eigenvalue weighted by molar-refractivity contribution is 6.60. The van der Waals surface area contributed by atoms with Crippen molar-refractivity contribution >= 4 is 35.0 Å². The molecule has 0 amide bonds. The van der Waals surface area contributed by atoms with Crippen LogP contribution in [0, 0.1) is 0 Å². The summed E-state index contributed by atoms with van der Waals surface area (Å²) in [4.78, 5) is 0. The lowest BCUT2D eigenvalue weighted by Crippen LogP contribution is -2.31. The van der Waals surface area contributed by atoms with Crippen LogP contribution in [-0.2, 0) is 0 Å². The molecule has 0 aliphatic rings. The number of hydrogen-bond acceptors (Lipinski definition) is 3. The van der Waals surface area contributed by atoms with Crippen molar-refractivity contribution in [3.8, 4) is 5.75 Å². The molecule has 2 N–H and O–H groups in total. The number of methoxy groups -OCH3 is 1. The van der Waals surface area contributed by atoms with Crippen LogP contribution in [0.1, 0.15) is 0 Å². The molecule has 16 heavy (non-hydrogen) atoms. The van der Waals surface area contributed by atoms with Crippen molar-refractivity contribution < 1.29 is 14.8 Å². The summed E-state index contributed by atoms with van der Waals surface area (Å²) in [6, 6.07) is 8.73. The predicted molar refractivity (Wildman–Crippen MR) is 65.3 cm³/mol. The molecule has 0 fully saturated rings. The van der Waals surface area contributed by atoms with E-state index in [1.165, 1.54) is 7.11 Å². The molecule has 0 aliphatic carbocycles. The molecule has 0 heterocycles. The second-order valence-electron chi connectivity index (χ2n) is 3.40. The van der Waals surface area contributed by atoms with Crippen molar-refractivity contribution in [2.24, 2.45) is 0 Å². The number of hydrogen-bond donors (Lipinski definition) is 2. The van der Waals surface area contributed by atoms with Crippen LogP contribution in [0.4, 0.5) is 0 Å². The van der Waals surface area contributed by atoms with Gasteiger partial charge in [-0.2, -0.15) is 0 Å². The van der Waals surface area contributed by atoms with Crippen molar-refractivity contribution in [3.63, 3.8) is 0 Å². The van der Waals surface area contributed by atoms with E-state index >= 15 is 0 Å². The highest BCUT2D eigenvalue weighted by Gasteiger charge is 2.19. The average Bonchev–Trinajstić information content (AvgIpc) is 2.27. The van der Waals surface area contributed by atoms with Crippen molar-refractivity contribution in [2.75, 3.05) is 7.11 Å². The topological polar surface area (TPSA) is 49.7 Å². The second kappa shape index (κ2) is 4.33. The molecule has 2 aromatic rings. The molecule has 0 aliphatic heterocycles. The molecule has 5 heteroatoms. The van der Waals surface area contributed by atoms with Crippen LogP contribution in [0.15, 0.2) is 30.3 Å². The van der Waals surface area contributed by atoms with Crippen LogP contribution in [0.2, 0.25) is 5.02 Å². The number of benzene rings is 2. The Balaban J connectivity index is 2.81. The zero-order valence-corrected chi connectivity index (χ0v) is 9.40. The Morgan fingerprint density at radius 1 is 1.12 bits per heavy atom. The van der Waals surface area contributed by atoms with Gasteiger partial charge in [0.15, 0.2) is 0 Å². The molecule has 0 bridgehead atoms. The van der Waals surface area contributed by atoms with Crippen LogP contribution in [0.3, 0.4) is 0 Å². The van der Waals surface area contributed by atoms with Gasteiger partial charge in [-0.15, -0.1) is 0 Å². The van der Waals surface area contributed by atoms with E-state index in [1.54, 1.807) is 24.3 Å². The first-order chi connectivity index (χ1) is 7.65. The molecule has 0 aromatic heterocycles. The van der Waals surface area contributed by atoms with Crippen LogP contribution in [-0.4, -0.2) is 24.3 Å². The van der Waals surface area contributed by atoms with E-state index in [1.807, 2.05) is 6.07 Å². The Morgan fingerprint density at radius 2 is 1.88 bits per heavy atom. The fourth-order valence-electron chi connectivity index (χ4n) is 1.74. The number of fused-ring (bicyclic) bond motifs is 1. The molecule has 0 saturated carbocycles. The van der Waals surface area contributed by atoms with Crippen LogP contribution >= 0.6 is 11.6 Å². The van der Waals surface area contributed by atoms with Gasteiger partial charge in [0.05, 0.1) is 7.11 Å². The van der Waals surface area contributed by atoms with Crippen molar-refractivity contribution in [3.05, 3.63) is 35.4 Å². The molecule has 3 nitrogen and oxygen atoms in total. The Labute approximate surface area is 98.4 Å². The quantitative estimate of drug-likeness (QED) is 0.770. The Morgan fingerprint density at radius 3 is 2.50 bits per heavy atom. The molecule has 0 atom stereocenters. The maximum atomic E-state index is 9.21. The molecule has 0 spiro atoms. The van der Waals surface area contributed by atoms with Gasteiger partial charge >= 0.3 is 7.12 Å². The summed E-state index contributed by atoms with van der Waals surface area (Å²) in [6.07, 6.45) is 0. The molecular weight excluding hydrogens is 226 g/mol. The molecule has 2 rings (SSSR count). The van der Waals surface area contributed by atoms with E-state index in [-0.39, 0.29) is 0 Å². The maximum absolute atomic E-state index is 9.21. The fraction of sp³-hybridized carbons (Fsp3) is 0.0909. The average molecular weight is 236 g/mol. The highest BCUT2D eigenvalue weighted by atomic mass is 35.5. The van der Waals surface area contributed by atoms with Gasteiger partial charge in [-0.1, -0.05) is 35.9 Å². The SMILES string of the molecule is COc1c(B(O)O)ccc2c(Cl)cccc12. The number of ether oxygens (including phenoxy) is 1. The maximum Gasteiger partial charge on any atom is 0.492 e. The zero-order valence-electron chi connectivity index (χ0n) is 8.64. The van der Waals surface area contributed by atoms with Crippen LogP contribution in [0.25, 0.3) is 10.8 Å². The molecule has 0 unspecified atom stereocenters. The Hall–Kier alpha value is -1.23. The third-order valence-electron chi connectivity index (χ3n) is 2.47. The third-order valence-corrected chi connectivity index (χ3v) is 2.80. The van der Waals surface area contributed by atoms with Crippen molar-refractivity contribution in [1.29, 1.82) is 0 Å². The Bertz CT molecular complexity index is 528. The van der Waals surface area contributed by atoms with Gasteiger partial charge in [-0.3, -0.25) is 0 Å². The van der Waals surface area contributed by atoms with E-state index in [4.69, 9.17) is 16.3 Å². The highest BCUT2D eigenvalue weighted by Crippen LogP contribution is 2.29. The summed E-state index contributed by atoms with van der Waals surface area (Å²) in [5.74, 6) is 0.440. The summed E-state index contributed by atoms with van der Waals surface area (Å²) in [5.41, 5.74) is 0.331. The second-order valence-corrected chi connectivity index (χ2v) is 3.80. The van der Waals surface area contributed by atoms with E-state index in [9.17, 15) is 10.0 Å². The molecule has 82 valence electrons. The molecular formula is C11H10BClO3. The van der Waals surface area contributed by atoms with Crippen LogP contribution in [0.5, 0.6) is 5.75 Å². The molecule has 0 saturated heterocycles. The van der Waals surface area contributed by atoms with Gasteiger partial charge in [-0.25, -0.2) is 0 Å². The summed E-state index contributed by atoms with van der Waals surface area (Å²) in [7, 11) is -0.0694. The minimum Gasteiger partial charge on any atom is -0.496 e. The monoisotopic (exact) mass is 236 g/mol. The van der Waals surface area contributed by atoms with Gasteiger partial charge in [0.25, 0.3) is 0 Å². The van der Waals surface area contributed by atoms with Gasteiger partial charge in [0.1, 0.15) is 5.75 Å². The predicted octanol–water partition coefficient (Wildman–Crippen LogP) is 1.18. The van der Waals surface area contributed by atoms with Crippen molar-refractivity contribution in [1.82, 2.24) is 0 Å². The van der Waals surface area contributed by atoms with Gasteiger partial charge in [-0.05, 0) is 6.07 Å². The fourth-order valence-corrected chi connectivity index (χ4v) is 1.98. The number of halogens is 1. The van der Waals surface area contributed by atoms with Gasteiger partial charge in [0, 0.05) is 21.3 Å². The van der Waals surface area contributed by atoms with E-state index < -0.39 is 7.12 Å². The largest absolute Gasteiger partial charge is 0.496 e. The summed E-state index contributed by atoms with van der Waals surface area (Å²) < 4.78 is 5.20. The lowest BCUT2D eigenvalue weighted by atomic mass is 9.78. The standard InChI is InChI=1S/C11H10BClO3/c1-16-11-8-3-2-4-10(13)7(8)5-6-9(11)12(14)15/h2-6,14-15H,1H3. The number of rotatable bonds is 2. The zero-order chi connectivity index (χ0) is 11.7. The lowest BCUT2D eigenvalue weighted by molar-refractivity contribution is 0.406. The minimum atomic E-state index is -1.56. The Kier molecular flexibility index (Phi) is 3.05. The lowest BCUT2D eigenvalue weighted by Gasteiger charge is -2.11. The van der Waals surface area contributed by atoms with Gasteiger partial charge < -0.3 is 14.8 Å². The summed E-state index contributed by atoms with van der Waals surface area (Å²) in [5, 5.41) is 20.6. The first-order valence-electron chi connectivity index (χ1n) is 4.76. The van der Waals surface area contributed by atoms with Gasteiger partial charge in [0.2, 0.25) is 0 Å². The van der Waals surface area contributed by atoms with E-state index in [2.05, 4.69) is 0 Å². The molecule has 0 radical (unpaired) electrons. The van der Waals surface area contributed by atoms with Crippen LogP contribution < -0.4 is 10.2 Å². The van der Waals surface area contributed by atoms with E-state index in [0.717, 1.165) is 10.8 Å². The smallest absolute Gasteiger partial charge is 0.492 e. The normalized spacial score (nSPS) is 10.5. The molecule has 2 aromatic carbocycles. The minimum absolute atomic E-state index is 0.331. The third kappa shape index (κ3) is 1.75. The van der Waals surface area contributed by atoms with Crippen molar-refractivity contribution in [2.45, 2.75) is 0 Å². The first-order valence-corrected chi connectivity index (χ1v) is 5.14. The first kappa shape index (κ1) is 11.3.